The van der Waals surface area contributed by atoms with Crippen molar-refractivity contribution < 1.29 is 14.3 Å². The predicted octanol–water partition coefficient (Wildman–Crippen LogP) is 2.25. The lowest BCUT2D eigenvalue weighted by Crippen LogP contribution is -2.38. The summed E-state index contributed by atoms with van der Waals surface area (Å²) < 4.78 is 5.93. The minimum absolute atomic E-state index is 0.00928. The van der Waals surface area contributed by atoms with E-state index in [0.717, 1.165) is 10.8 Å². The fourth-order valence-corrected chi connectivity index (χ4v) is 4.44. The maximum atomic E-state index is 12.4. The number of nitrogens with zero attached hydrogens (tertiary/aromatic N) is 3. The molecule has 9 heteroatoms. The fourth-order valence-electron chi connectivity index (χ4n) is 2.44. The molecule has 2 amide bonds. The molecule has 1 aliphatic heterocycles. The van der Waals surface area contributed by atoms with Gasteiger partial charge in [-0.3, -0.25) is 9.59 Å². The molecular weight excluding hydrogens is 348 g/mol. The van der Waals surface area contributed by atoms with Gasteiger partial charge in [-0.25, -0.2) is 0 Å². The molecule has 0 saturated carbocycles. The second-order valence-corrected chi connectivity index (χ2v) is 8.61. The summed E-state index contributed by atoms with van der Waals surface area (Å²) in [7, 11) is 1.60. The molecule has 1 aromatic rings. The van der Waals surface area contributed by atoms with Gasteiger partial charge in [0.15, 0.2) is 4.34 Å². The predicted molar refractivity (Wildman–Crippen MR) is 95.3 cm³/mol. The SMILES string of the molecule is CC[C@H](C)Sc1nnc(NC(=O)[C@H]2CC(=O)N([C@@H](C)COC)C2)s1. The first-order valence-electron chi connectivity index (χ1n) is 8.04. The lowest BCUT2D eigenvalue weighted by atomic mass is 10.1. The molecule has 1 fully saturated rings. The van der Waals surface area contributed by atoms with E-state index >= 15 is 0 Å². The minimum atomic E-state index is -0.355. The summed E-state index contributed by atoms with van der Waals surface area (Å²) in [6.45, 7) is 7.05. The Hall–Kier alpha value is -1.19. The number of hydrogen-bond acceptors (Lipinski definition) is 7. The van der Waals surface area contributed by atoms with E-state index in [1.165, 1.54) is 11.3 Å². The van der Waals surface area contributed by atoms with Crippen molar-refractivity contribution >= 4 is 40.0 Å². The quantitative estimate of drug-likeness (QED) is 0.556. The maximum Gasteiger partial charge on any atom is 0.231 e. The average molecular weight is 373 g/mol. The Bertz CT molecular complexity index is 581. The van der Waals surface area contributed by atoms with Crippen LogP contribution in [-0.2, 0) is 14.3 Å². The van der Waals surface area contributed by atoms with Crippen LogP contribution in [0.5, 0.6) is 0 Å². The number of carbonyl (C=O) groups is 2. The Morgan fingerprint density at radius 1 is 1.50 bits per heavy atom. The monoisotopic (exact) mass is 372 g/mol. The van der Waals surface area contributed by atoms with Crippen LogP contribution in [0.2, 0.25) is 0 Å². The molecule has 0 bridgehead atoms. The Labute approximate surface area is 150 Å². The lowest BCUT2D eigenvalue weighted by Gasteiger charge is -2.23. The van der Waals surface area contributed by atoms with Gasteiger partial charge in [-0.2, -0.15) is 0 Å². The number of hydrogen-bond donors (Lipinski definition) is 1. The van der Waals surface area contributed by atoms with Crippen LogP contribution in [0, 0.1) is 5.92 Å². The topological polar surface area (TPSA) is 84.4 Å². The Balaban J connectivity index is 1.90. The van der Waals surface area contributed by atoms with Gasteiger partial charge in [-0.05, 0) is 13.3 Å². The molecule has 1 aliphatic rings. The number of thioether (sulfide) groups is 1. The van der Waals surface area contributed by atoms with Gasteiger partial charge in [-0.1, -0.05) is 36.9 Å². The smallest absolute Gasteiger partial charge is 0.231 e. The standard InChI is InChI=1S/C15H24N4O3S2/c1-5-10(3)23-15-18-17-14(24-15)16-13(21)11-6-12(20)19(7-11)9(2)8-22-4/h9-11H,5-8H2,1-4H3,(H,16,17,21)/t9-,10-,11-/m0/s1. The number of anilines is 1. The van der Waals surface area contributed by atoms with Crippen molar-refractivity contribution in [2.75, 3.05) is 25.6 Å². The Morgan fingerprint density at radius 2 is 2.25 bits per heavy atom. The van der Waals surface area contributed by atoms with Crippen molar-refractivity contribution in [3.63, 3.8) is 0 Å². The number of aromatic nitrogens is 2. The normalized spacial score (nSPS) is 20.2. The van der Waals surface area contributed by atoms with E-state index in [-0.39, 0.29) is 30.2 Å². The van der Waals surface area contributed by atoms with E-state index in [9.17, 15) is 9.59 Å². The van der Waals surface area contributed by atoms with Crippen molar-refractivity contribution in [2.45, 2.75) is 49.2 Å². The minimum Gasteiger partial charge on any atom is -0.383 e. The highest BCUT2D eigenvalue weighted by atomic mass is 32.2. The summed E-state index contributed by atoms with van der Waals surface area (Å²) in [5.41, 5.74) is 0. The number of amides is 2. The molecule has 2 rings (SSSR count). The van der Waals surface area contributed by atoms with Crippen LogP contribution < -0.4 is 5.32 Å². The zero-order valence-electron chi connectivity index (χ0n) is 14.4. The fraction of sp³-hybridized carbons (Fsp3) is 0.733. The summed E-state index contributed by atoms with van der Waals surface area (Å²) in [5.74, 6) is -0.539. The van der Waals surface area contributed by atoms with E-state index in [4.69, 9.17) is 4.74 Å². The summed E-state index contributed by atoms with van der Waals surface area (Å²) >= 11 is 3.02. The van der Waals surface area contributed by atoms with Gasteiger partial charge < -0.3 is 15.0 Å². The zero-order valence-corrected chi connectivity index (χ0v) is 16.1. The summed E-state index contributed by atoms with van der Waals surface area (Å²) in [4.78, 5) is 26.2. The third-order valence-corrected chi connectivity index (χ3v) is 6.17. The first-order valence-corrected chi connectivity index (χ1v) is 9.73. The molecule has 2 heterocycles. The molecular formula is C15H24N4O3S2. The molecule has 0 aliphatic carbocycles. The largest absolute Gasteiger partial charge is 0.383 e. The molecule has 1 saturated heterocycles. The van der Waals surface area contributed by atoms with Crippen LogP contribution >= 0.6 is 23.1 Å². The summed E-state index contributed by atoms with van der Waals surface area (Å²) in [6.07, 6.45) is 1.28. The highest BCUT2D eigenvalue weighted by molar-refractivity contribution is 8.01. The van der Waals surface area contributed by atoms with Crippen LogP contribution in [0.25, 0.3) is 0 Å². The van der Waals surface area contributed by atoms with E-state index in [1.807, 2.05) is 6.92 Å². The highest BCUT2D eigenvalue weighted by Gasteiger charge is 2.36. The second kappa shape index (κ2) is 8.77. The van der Waals surface area contributed by atoms with Crippen LogP contribution in [0.15, 0.2) is 4.34 Å². The summed E-state index contributed by atoms with van der Waals surface area (Å²) in [5, 5.41) is 11.8. The molecule has 1 aromatic heterocycles. The van der Waals surface area contributed by atoms with E-state index in [0.29, 0.717) is 23.5 Å². The van der Waals surface area contributed by atoms with Gasteiger partial charge >= 0.3 is 0 Å². The molecule has 0 spiro atoms. The van der Waals surface area contributed by atoms with Crippen LogP contribution in [0.3, 0.4) is 0 Å². The van der Waals surface area contributed by atoms with Crippen LogP contribution in [0.4, 0.5) is 5.13 Å². The van der Waals surface area contributed by atoms with Crippen LogP contribution in [0.1, 0.15) is 33.6 Å². The first kappa shape index (κ1) is 19.1. The molecule has 24 heavy (non-hydrogen) atoms. The summed E-state index contributed by atoms with van der Waals surface area (Å²) in [6, 6.07) is -0.0274. The zero-order chi connectivity index (χ0) is 17.7. The number of nitrogens with one attached hydrogen (secondary N) is 1. The first-order chi connectivity index (χ1) is 11.4. The molecule has 3 atom stereocenters. The van der Waals surface area contributed by atoms with E-state index in [2.05, 4.69) is 29.4 Å². The van der Waals surface area contributed by atoms with Crippen molar-refractivity contribution in [3.8, 4) is 0 Å². The molecule has 0 radical (unpaired) electrons. The van der Waals surface area contributed by atoms with Crippen molar-refractivity contribution in [3.05, 3.63) is 0 Å². The second-order valence-electron chi connectivity index (χ2n) is 5.95. The molecule has 1 N–H and O–H groups in total. The molecule has 0 unspecified atom stereocenters. The van der Waals surface area contributed by atoms with Crippen molar-refractivity contribution in [1.29, 1.82) is 0 Å². The van der Waals surface area contributed by atoms with Crippen LogP contribution in [-0.4, -0.2) is 58.5 Å². The van der Waals surface area contributed by atoms with Gasteiger partial charge in [0.1, 0.15) is 0 Å². The van der Waals surface area contributed by atoms with Gasteiger partial charge in [0, 0.05) is 25.3 Å². The van der Waals surface area contributed by atoms with Gasteiger partial charge in [0.25, 0.3) is 0 Å². The third kappa shape index (κ3) is 4.90. The average Bonchev–Trinajstić information content (AvgIpc) is 3.14. The van der Waals surface area contributed by atoms with Gasteiger partial charge in [0.05, 0.1) is 18.6 Å². The molecule has 134 valence electrons. The van der Waals surface area contributed by atoms with Gasteiger partial charge in [0.2, 0.25) is 16.9 Å². The third-order valence-electron chi connectivity index (χ3n) is 3.98. The number of methoxy groups -OCH3 is 1. The number of carbonyl (C=O) groups excluding carboxylic acids is 2. The highest BCUT2D eigenvalue weighted by Crippen LogP contribution is 2.30. The number of likely N-dealkylation sites (tertiary alicyclic amines) is 1. The number of rotatable bonds is 8. The van der Waals surface area contributed by atoms with Crippen molar-refractivity contribution in [2.24, 2.45) is 5.92 Å². The molecule has 7 nitrogen and oxygen atoms in total. The lowest BCUT2D eigenvalue weighted by molar-refractivity contribution is -0.130. The Morgan fingerprint density at radius 3 is 2.92 bits per heavy atom. The number of ether oxygens (including phenoxy) is 1. The van der Waals surface area contributed by atoms with E-state index < -0.39 is 0 Å². The maximum absolute atomic E-state index is 12.4. The van der Waals surface area contributed by atoms with E-state index in [1.54, 1.807) is 23.8 Å². The van der Waals surface area contributed by atoms with Crippen molar-refractivity contribution in [1.82, 2.24) is 15.1 Å². The Kier molecular flexibility index (Phi) is 7.00. The molecule has 0 aromatic carbocycles. The van der Waals surface area contributed by atoms with Gasteiger partial charge in [-0.15, -0.1) is 10.2 Å².